The summed E-state index contributed by atoms with van der Waals surface area (Å²) < 4.78 is 22.1. The second-order valence-electron chi connectivity index (χ2n) is 4.78. The number of rotatable bonds is 8. The summed E-state index contributed by atoms with van der Waals surface area (Å²) in [5, 5.41) is 3.26. The first kappa shape index (κ1) is 15.2. The molecule has 0 aliphatic rings. The summed E-state index contributed by atoms with van der Waals surface area (Å²) in [7, 11) is -0.882. The minimum atomic E-state index is -2.82. The number of sulfone groups is 1. The Balaban J connectivity index is 2.30. The number of hydrogen-bond donors (Lipinski definition) is 1. The van der Waals surface area contributed by atoms with E-state index in [2.05, 4.69) is 17.4 Å². The maximum Gasteiger partial charge on any atom is 0.147 e. The van der Waals surface area contributed by atoms with Crippen LogP contribution in [0.3, 0.4) is 0 Å². The quantitative estimate of drug-likeness (QED) is 0.785. The van der Waals surface area contributed by atoms with Crippen LogP contribution >= 0.6 is 0 Å². The smallest absolute Gasteiger partial charge is 0.147 e. The molecule has 0 spiro atoms. The molecule has 0 saturated heterocycles. The topological polar surface area (TPSA) is 46.2 Å². The van der Waals surface area contributed by atoms with E-state index < -0.39 is 9.84 Å². The van der Waals surface area contributed by atoms with Gasteiger partial charge in [-0.15, -0.1) is 0 Å². The first-order chi connectivity index (χ1) is 8.51. The molecule has 1 aromatic carbocycles. The van der Waals surface area contributed by atoms with Gasteiger partial charge in [0.05, 0.1) is 0 Å². The van der Waals surface area contributed by atoms with E-state index in [1.807, 2.05) is 25.2 Å². The molecule has 0 aromatic heterocycles. The van der Waals surface area contributed by atoms with Crippen molar-refractivity contribution in [2.45, 2.75) is 31.7 Å². The second kappa shape index (κ2) is 7.54. The molecule has 3 nitrogen and oxygen atoms in total. The third-order valence-corrected chi connectivity index (χ3v) is 4.13. The summed E-state index contributed by atoms with van der Waals surface area (Å²) in [5.41, 5.74) is 1.33. The van der Waals surface area contributed by atoms with Crippen LogP contribution in [0.15, 0.2) is 30.3 Å². The SMILES string of the molecule is CNC(CCCS(C)(=O)=O)CCc1ccccc1. The fourth-order valence-corrected chi connectivity index (χ4v) is 2.70. The normalized spacial score (nSPS) is 13.4. The Morgan fingerprint density at radius 1 is 1.17 bits per heavy atom. The molecular formula is C14H23NO2S. The first-order valence-electron chi connectivity index (χ1n) is 6.40. The monoisotopic (exact) mass is 269 g/mol. The summed E-state index contributed by atoms with van der Waals surface area (Å²) in [5.74, 6) is 0.288. The first-order valence-corrected chi connectivity index (χ1v) is 8.46. The van der Waals surface area contributed by atoms with Gasteiger partial charge in [0.2, 0.25) is 0 Å². The molecular weight excluding hydrogens is 246 g/mol. The Bertz CT molecular complexity index is 428. The lowest BCUT2D eigenvalue weighted by atomic mass is 10.0. The average Bonchev–Trinajstić information content (AvgIpc) is 2.33. The lowest BCUT2D eigenvalue weighted by molar-refractivity contribution is 0.483. The van der Waals surface area contributed by atoms with Crippen molar-refractivity contribution in [1.82, 2.24) is 5.32 Å². The van der Waals surface area contributed by atoms with Crippen LogP contribution < -0.4 is 5.32 Å². The molecule has 0 aliphatic heterocycles. The lowest BCUT2D eigenvalue weighted by Gasteiger charge is -2.15. The van der Waals surface area contributed by atoms with E-state index in [9.17, 15) is 8.42 Å². The molecule has 1 unspecified atom stereocenters. The van der Waals surface area contributed by atoms with Crippen molar-refractivity contribution < 1.29 is 8.42 Å². The van der Waals surface area contributed by atoms with Gasteiger partial charge in [-0.3, -0.25) is 0 Å². The molecule has 4 heteroatoms. The molecule has 1 aromatic rings. The molecule has 1 atom stereocenters. The highest BCUT2D eigenvalue weighted by Crippen LogP contribution is 2.09. The van der Waals surface area contributed by atoms with E-state index in [0.717, 1.165) is 25.7 Å². The van der Waals surface area contributed by atoms with E-state index in [-0.39, 0.29) is 5.75 Å². The second-order valence-corrected chi connectivity index (χ2v) is 7.04. The summed E-state index contributed by atoms with van der Waals surface area (Å²) in [6.07, 6.45) is 5.02. The summed E-state index contributed by atoms with van der Waals surface area (Å²) in [4.78, 5) is 0. The molecule has 18 heavy (non-hydrogen) atoms. The van der Waals surface area contributed by atoms with Crippen molar-refractivity contribution in [3.05, 3.63) is 35.9 Å². The zero-order chi connectivity index (χ0) is 13.4. The van der Waals surface area contributed by atoms with E-state index in [1.165, 1.54) is 11.8 Å². The molecule has 0 amide bonds. The van der Waals surface area contributed by atoms with E-state index in [4.69, 9.17) is 0 Å². The fourth-order valence-electron chi connectivity index (χ4n) is 2.01. The minimum absolute atomic E-state index is 0.288. The van der Waals surface area contributed by atoms with Gasteiger partial charge in [-0.1, -0.05) is 30.3 Å². The summed E-state index contributed by atoms with van der Waals surface area (Å²) in [6.45, 7) is 0. The highest BCUT2D eigenvalue weighted by Gasteiger charge is 2.08. The Labute approximate surface area is 111 Å². The van der Waals surface area contributed by atoms with Crippen molar-refractivity contribution >= 4 is 9.84 Å². The molecule has 0 radical (unpaired) electrons. The van der Waals surface area contributed by atoms with Gasteiger partial charge in [-0.05, 0) is 38.3 Å². The van der Waals surface area contributed by atoms with Crippen molar-refractivity contribution in [3.8, 4) is 0 Å². The van der Waals surface area contributed by atoms with E-state index in [0.29, 0.717) is 6.04 Å². The van der Waals surface area contributed by atoms with Gasteiger partial charge in [0, 0.05) is 18.1 Å². The van der Waals surface area contributed by atoms with Crippen LogP contribution in [0, 0.1) is 0 Å². The maximum absolute atomic E-state index is 11.1. The van der Waals surface area contributed by atoms with Gasteiger partial charge in [0.15, 0.2) is 0 Å². The molecule has 0 heterocycles. The summed E-state index contributed by atoms with van der Waals surface area (Å²) in [6, 6.07) is 10.8. The van der Waals surface area contributed by atoms with Gasteiger partial charge in [0.1, 0.15) is 9.84 Å². The zero-order valence-electron chi connectivity index (χ0n) is 11.2. The number of benzene rings is 1. The van der Waals surface area contributed by atoms with Crippen LogP contribution in [-0.4, -0.2) is 33.5 Å². The van der Waals surface area contributed by atoms with Gasteiger partial charge in [-0.25, -0.2) is 8.42 Å². The van der Waals surface area contributed by atoms with Gasteiger partial charge < -0.3 is 5.32 Å². The molecule has 0 saturated carbocycles. The van der Waals surface area contributed by atoms with Crippen LogP contribution in [0.25, 0.3) is 0 Å². The van der Waals surface area contributed by atoms with Crippen LogP contribution in [0.4, 0.5) is 0 Å². The number of nitrogens with one attached hydrogen (secondary N) is 1. The van der Waals surface area contributed by atoms with Crippen LogP contribution in [0.2, 0.25) is 0 Å². The molecule has 0 bridgehead atoms. The van der Waals surface area contributed by atoms with Gasteiger partial charge >= 0.3 is 0 Å². The van der Waals surface area contributed by atoms with Crippen molar-refractivity contribution in [2.24, 2.45) is 0 Å². The highest BCUT2D eigenvalue weighted by molar-refractivity contribution is 7.90. The molecule has 102 valence electrons. The number of hydrogen-bond acceptors (Lipinski definition) is 3. The van der Waals surface area contributed by atoms with Crippen molar-refractivity contribution in [2.75, 3.05) is 19.1 Å². The van der Waals surface area contributed by atoms with Crippen LogP contribution in [-0.2, 0) is 16.3 Å². The molecule has 1 N–H and O–H groups in total. The fraction of sp³-hybridized carbons (Fsp3) is 0.571. The average molecular weight is 269 g/mol. The van der Waals surface area contributed by atoms with E-state index >= 15 is 0 Å². The van der Waals surface area contributed by atoms with Crippen LogP contribution in [0.1, 0.15) is 24.8 Å². The number of aryl methyl sites for hydroxylation is 1. The summed E-state index contributed by atoms with van der Waals surface area (Å²) >= 11 is 0. The zero-order valence-corrected chi connectivity index (χ0v) is 12.0. The van der Waals surface area contributed by atoms with Gasteiger partial charge in [0.25, 0.3) is 0 Å². The maximum atomic E-state index is 11.1. The Morgan fingerprint density at radius 2 is 1.83 bits per heavy atom. The molecule has 0 fully saturated rings. The van der Waals surface area contributed by atoms with Crippen LogP contribution in [0.5, 0.6) is 0 Å². The lowest BCUT2D eigenvalue weighted by Crippen LogP contribution is -2.26. The highest BCUT2D eigenvalue weighted by atomic mass is 32.2. The standard InChI is InChI=1S/C14H23NO2S/c1-15-14(9-6-12-18(2,16)17)11-10-13-7-4-3-5-8-13/h3-5,7-8,14-15H,6,9-12H2,1-2H3. The predicted octanol–water partition coefficient (Wildman–Crippen LogP) is 2.03. The Kier molecular flexibility index (Phi) is 6.36. The largest absolute Gasteiger partial charge is 0.317 e. The van der Waals surface area contributed by atoms with E-state index in [1.54, 1.807) is 0 Å². The van der Waals surface area contributed by atoms with Crippen molar-refractivity contribution in [1.29, 1.82) is 0 Å². The predicted molar refractivity (Wildman–Crippen MR) is 76.6 cm³/mol. The Morgan fingerprint density at radius 3 is 2.39 bits per heavy atom. The van der Waals surface area contributed by atoms with Crippen molar-refractivity contribution in [3.63, 3.8) is 0 Å². The minimum Gasteiger partial charge on any atom is -0.317 e. The third-order valence-electron chi connectivity index (χ3n) is 3.10. The Hall–Kier alpha value is -0.870. The van der Waals surface area contributed by atoms with Gasteiger partial charge in [-0.2, -0.15) is 0 Å². The third kappa shape index (κ3) is 6.77. The molecule has 0 aliphatic carbocycles. The molecule has 1 rings (SSSR count).